The fraction of sp³-hybridized carbons (Fsp3) is 0.562. The molecule has 0 spiro atoms. The molecule has 2 aromatic rings. The minimum Gasteiger partial charge on any atom is -0.374 e. The Morgan fingerprint density at radius 2 is 2.10 bits per heavy atom. The highest BCUT2D eigenvalue weighted by Gasteiger charge is 2.24. The summed E-state index contributed by atoms with van der Waals surface area (Å²) in [5.41, 5.74) is 3.12. The maximum absolute atomic E-state index is 6.31. The smallest absolute Gasteiger partial charge is 0.127 e. The number of aromatic nitrogens is 2. The van der Waals surface area contributed by atoms with E-state index in [0.717, 1.165) is 23.4 Å². The van der Waals surface area contributed by atoms with Crippen molar-refractivity contribution in [2.45, 2.75) is 52.1 Å². The molecular formula is C16H23ClN2O. The number of nitrogens with zero attached hydrogens (tertiary/aromatic N) is 2. The molecule has 2 rings (SSSR count). The van der Waals surface area contributed by atoms with Gasteiger partial charge in [-0.2, -0.15) is 0 Å². The molecule has 0 saturated carbocycles. The highest BCUT2D eigenvalue weighted by Crippen LogP contribution is 2.28. The molecule has 3 nitrogen and oxygen atoms in total. The fourth-order valence-electron chi connectivity index (χ4n) is 2.66. The zero-order valence-corrected chi connectivity index (χ0v) is 13.7. The third-order valence-corrected chi connectivity index (χ3v) is 3.62. The SMILES string of the molecule is CCOC(C)(C)Cn1c(C(C)Cl)nc2cccc(C)c21. The zero-order valence-electron chi connectivity index (χ0n) is 12.9. The van der Waals surface area contributed by atoms with Crippen molar-refractivity contribution in [2.75, 3.05) is 6.61 Å². The number of hydrogen-bond donors (Lipinski definition) is 0. The molecule has 0 saturated heterocycles. The molecule has 1 aromatic carbocycles. The van der Waals surface area contributed by atoms with Crippen LogP contribution in [-0.2, 0) is 11.3 Å². The summed E-state index contributed by atoms with van der Waals surface area (Å²) < 4.78 is 8.04. The van der Waals surface area contributed by atoms with E-state index >= 15 is 0 Å². The number of imidazole rings is 1. The third-order valence-electron chi connectivity index (χ3n) is 3.43. The summed E-state index contributed by atoms with van der Waals surface area (Å²) >= 11 is 6.31. The number of alkyl halides is 1. The molecule has 0 radical (unpaired) electrons. The van der Waals surface area contributed by atoms with Gasteiger partial charge >= 0.3 is 0 Å². The lowest BCUT2D eigenvalue weighted by molar-refractivity contribution is -0.0221. The molecule has 1 aromatic heterocycles. The molecule has 1 heterocycles. The standard InChI is InChI=1S/C16H23ClN2O/c1-6-20-16(4,5)10-19-14-11(2)8-7-9-13(14)18-15(19)12(3)17/h7-9,12H,6,10H2,1-5H3. The van der Waals surface area contributed by atoms with E-state index in [4.69, 9.17) is 21.3 Å². The molecule has 0 fully saturated rings. The summed E-state index contributed by atoms with van der Waals surface area (Å²) in [7, 11) is 0. The maximum atomic E-state index is 6.31. The molecule has 110 valence electrons. The Kier molecular flexibility index (Phi) is 4.40. The molecule has 1 unspecified atom stereocenters. The number of aryl methyl sites for hydroxylation is 1. The first-order valence-electron chi connectivity index (χ1n) is 7.09. The van der Waals surface area contributed by atoms with Crippen LogP contribution in [0.2, 0.25) is 0 Å². The molecule has 20 heavy (non-hydrogen) atoms. The van der Waals surface area contributed by atoms with E-state index < -0.39 is 0 Å². The van der Waals surface area contributed by atoms with Crippen LogP contribution >= 0.6 is 11.6 Å². The van der Waals surface area contributed by atoms with Crippen LogP contribution < -0.4 is 0 Å². The molecule has 0 amide bonds. The van der Waals surface area contributed by atoms with Crippen LogP contribution in [0, 0.1) is 6.92 Å². The van der Waals surface area contributed by atoms with E-state index in [-0.39, 0.29) is 11.0 Å². The van der Waals surface area contributed by atoms with E-state index in [2.05, 4.69) is 31.4 Å². The molecule has 0 aliphatic carbocycles. The van der Waals surface area contributed by atoms with Gasteiger partial charge in [0.1, 0.15) is 5.82 Å². The van der Waals surface area contributed by atoms with Gasteiger partial charge < -0.3 is 9.30 Å². The van der Waals surface area contributed by atoms with Gasteiger partial charge in [0.15, 0.2) is 0 Å². The minimum absolute atomic E-state index is 0.126. The second-order valence-corrected chi connectivity index (χ2v) is 6.46. The van der Waals surface area contributed by atoms with Crippen molar-refractivity contribution in [3.8, 4) is 0 Å². The average molecular weight is 295 g/mol. The Bertz CT molecular complexity index is 602. The van der Waals surface area contributed by atoms with Crippen LogP contribution in [0.15, 0.2) is 18.2 Å². The summed E-state index contributed by atoms with van der Waals surface area (Å²) in [6.45, 7) is 11.7. The number of hydrogen-bond acceptors (Lipinski definition) is 2. The molecule has 4 heteroatoms. The lowest BCUT2D eigenvalue weighted by atomic mass is 10.1. The fourth-order valence-corrected chi connectivity index (χ4v) is 2.83. The quantitative estimate of drug-likeness (QED) is 0.761. The van der Waals surface area contributed by atoms with Gasteiger partial charge in [0.2, 0.25) is 0 Å². The Hall–Kier alpha value is -1.06. The largest absolute Gasteiger partial charge is 0.374 e. The van der Waals surface area contributed by atoms with Crippen LogP contribution in [0.4, 0.5) is 0 Å². The molecule has 0 bridgehead atoms. The molecule has 0 aliphatic heterocycles. The van der Waals surface area contributed by atoms with Crippen LogP contribution in [0.3, 0.4) is 0 Å². The molecule has 1 atom stereocenters. The van der Waals surface area contributed by atoms with Gasteiger partial charge in [0.05, 0.1) is 28.6 Å². The van der Waals surface area contributed by atoms with Crippen molar-refractivity contribution >= 4 is 22.6 Å². The average Bonchev–Trinajstić information content (AvgIpc) is 2.68. The monoisotopic (exact) mass is 294 g/mol. The van der Waals surface area contributed by atoms with Crippen LogP contribution in [-0.4, -0.2) is 21.8 Å². The number of para-hydroxylation sites is 1. The van der Waals surface area contributed by atoms with Crippen LogP contribution in [0.1, 0.15) is 44.5 Å². The predicted octanol–water partition coefficient (Wildman–Crippen LogP) is 4.46. The zero-order chi connectivity index (χ0) is 14.9. The van der Waals surface area contributed by atoms with Gasteiger partial charge in [-0.25, -0.2) is 4.98 Å². The highest BCUT2D eigenvalue weighted by molar-refractivity contribution is 6.20. The first-order chi connectivity index (χ1) is 9.35. The normalized spacial score (nSPS) is 13.9. The molecular weight excluding hydrogens is 272 g/mol. The molecule has 0 N–H and O–H groups in total. The van der Waals surface area contributed by atoms with Gasteiger partial charge in [-0.15, -0.1) is 11.6 Å². The summed E-state index contributed by atoms with van der Waals surface area (Å²) in [5.74, 6) is 0.906. The summed E-state index contributed by atoms with van der Waals surface area (Å²) in [5, 5.41) is -0.126. The highest BCUT2D eigenvalue weighted by atomic mass is 35.5. The van der Waals surface area contributed by atoms with Crippen molar-refractivity contribution < 1.29 is 4.74 Å². The van der Waals surface area contributed by atoms with Gasteiger partial charge in [-0.05, 0) is 46.2 Å². The van der Waals surface area contributed by atoms with E-state index in [1.165, 1.54) is 5.56 Å². The maximum Gasteiger partial charge on any atom is 0.127 e. The predicted molar refractivity (Wildman–Crippen MR) is 84.4 cm³/mol. The van der Waals surface area contributed by atoms with Crippen LogP contribution in [0.5, 0.6) is 0 Å². The van der Waals surface area contributed by atoms with Crippen LogP contribution in [0.25, 0.3) is 11.0 Å². The second kappa shape index (κ2) is 5.74. The van der Waals surface area contributed by atoms with Crippen molar-refractivity contribution in [1.29, 1.82) is 0 Å². The van der Waals surface area contributed by atoms with E-state index in [0.29, 0.717) is 6.61 Å². The van der Waals surface area contributed by atoms with Crippen molar-refractivity contribution in [3.63, 3.8) is 0 Å². The number of benzene rings is 1. The van der Waals surface area contributed by atoms with Crippen molar-refractivity contribution in [2.24, 2.45) is 0 Å². The third kappa shape index (κ3) is 2.99. The summed E-state index contributed by atoms with van der Waals surface area (Å²) in [6.07, 6.45) is 0. The minimum atomic E-state index is -0.245. The Balaban J connectivity index is 2.57. The van der Waals surface area contributed by atoms with Gasteiger partial charge in [0.25, 0.3) is 0 Å². The Morgan fingerprint density at radius 1 is 1.40 bits per heavy atom. The van der Waals surface area contributed by atoms with Gasteiger partial charge in [0, 0.05) is 6.61 Å². The Morgan fingerprint density at radius 3 is 2.70 bits per heavy atom. The topological polar surface area (TPSA) is 27.1 Å². The number of halogens is 1. The van der Waals surface area contributed by atoms with E-state index in [9.17, 15) is 0 Å². The Labute approximate surface area is 125 Å². The van der Waals surface area contributed by atoms with Gasteiger partial charge in [-0.3, -0.25) is 0 Å². The second-order valence-electron chi connectivity index (χ2n) is 5.81. The first-order valence-corrected chi connectivity index (χ1v) is 7.53. The number of rotatable bonds is 5. The van der Waals surface area contributed by atoms with E-state index in [1.807, 2.05) is 26.0 Å². The first kappa shape index (κ1) is 15.3. The summed E-state index contributed by atoms with van der Waals surface area (Å²) in [4.78, 5) is 4.69. The number of ether oxygens (including phenoxy) is 1. The van der Waals surface area contributed by atoms with Crippen molar-refractivity contribution in [1.82, 2.24) is 9.55 Å². The summed E-state index contributed by atoms with van der Waals surface area (Å²) in [6, 6.07) is 6.18. The van der Waals surface area contributed by atoms with E-state index in [1.54, 1.807) is 0 Å². The number of fused-ring (bicyclic) bond motifs is 1. The van der Waals surface area contributed by atoms with Crippen molar-refractivity contribution in [3.05, 3.63) is 29.6 Å². The lowest BCUT2D eigenvalue weighted by Gasteiger charge is -2.27. The van der Waals surface area contributed by atoms with Gasteiger partial charge in [-0.1, -0.05) is 12.1 Å². The lowest BCUT2D eigenvalue weighted by Crippen LogP contribution is -2.31. The molecule has 0 aliphatic rings.